The smallest absolute Gasteiger partial charge is 0.340 e. The van der Waals surface area contributed by atoms with Gasteiger partial charge in [0, 0.05) is 43.3 Å². The topological polar surface area (TPSA) is 23.6 Å². The Labute approximate surface area is 215 Å². The van der Waals surface area contributed by atoms with Crippen LogP contribution in [0.3, 0.4) is 0 Å². The highest BCUT2D eigenvalue weighted by molar-refractivity contribution is 9.09. The molecule has 1 unspecified atom stereocenters. The van der Waals surface area contributed by atoms with Crippen LogP contribution in [0.4, 0.5) is 17.6 Å². The molecule has 2 aromatic carbocycles. The summed E-state index contributed by atoms with van der Waals surface area (Å²) in [5.41, 5.74) is 0.0531. The first kappa shape index (κ1) is 27.2. The summed E-state index contributed by atoms with van der Waals surface area (Å²) in [6, 6.07) is 8.20. The Morgan fingerprint density at radius 1 is 1.12 bits per heavy atom. The van der Waals surface area contributed by atoms with Crippen LogP contribution in [0, 0.1) is 5.82 Å². The predicted molar refractivity (Wildman–Crippen MR) is 130 cm³/mol. The largest absolute Gasteiger partial charge is 0.419 e. The fourth-order valence-corrected chi connectivity index (χ4v) is 5.03. The number of hydrogen-bond acceptors (Lipinski definition) is 2. The summed E-state index contributed by atoms with van der Waals surface area (Å²) in [5, 5.41) is 1.67. The van der Waals surface area contributed by atoms with Gasteiger partial charge >= 0.3 is 6.18 Å². The third-order valence-electron chi connectivity index (χ3n) is 6.12. The fraction of sp³-hybridized carbons (Fsp3) is 0.458. The molecule has 1 aliphatic rings. The lowest BCUT2D eigenvalue weighted by molar-refractivity contribution is -0.140. The van der Waals surface area contributed by atoms with Crippen LogP contribution in [0.2, 0.25) is 10.0 Å². The van der Waals surface area contributed by atoms with Gasteiger partial charge in [0.2, 0.25) is 5.91 Å². The van der Waals surface area contributed by atoms with E-state index in [1.54, 1.807) is 12.1 Å². The minimum atomic E-state index is -4.74. The second-order valence-corrected chi connectivity index (χ2v) is 10.1. The average molecular weight is 584 g/mol. The molecule has 0 saturated carbocycles. The Morgan fingerprint density at radius 3 is 2.47 bits per heavy atom. The van der Waals surface area contributed by atoms with E-state index in [4.69, 9.17) is 23.2 Å². The van der Waals surface area contributed by atoms with Gasteiger partial charge in [0.1, 0.15) is 5.82 Å². The van der Waals surface area contributed by atoms with Crippen molar-refractivity contribution < 1.29 is 22.4 Å². The first-order valence-electron chi connectivity index (χ1n) is 10.9. The van der Waals surface area contributed by atoms with Gasteiger partial charge in [-0.2, -0.15) is 13.2 Å². The lowest BCUT2D eigenvalue weighted by atomic mass is 9.93. The number of likely N-dealkylation sites (tertiary alicyclic amines) is 1. The van der Waals surface area contributed by atoms with Gasteiger partial charge in [0.05, 0.1) is 15.6 Å². The van der Waals surface area contributed by atoms with Crippen molar-refractivity contribution in [1.82, 2.24) is 9.80 Å². The highest BCUT2D eigenvalue weighted by Gasteiger charge is 2.39. The fourth-order valence-electron chi connectivity index (χ4n) is 4.33. The van der Waals surface area contributed by atoms with Gasteiger partial charge < -0.3 is 4.90 Å². The predicted octanol–water partition coefficient (Wildman–Crippen LogP) is 7.14. The molecule has 1 amide bonds. The molecule has 0 N–H and O–H groups in total. The maximum Gasteiger partial charge on any atom is 0.419 e. The molecule has 186 valence electrons. The standard InChI is InChI=1S/C24H25BrCl2F4N2O/c1-32(12-15-5-7-18(21(28)10-15)24(29,30)31)22-14-33(23(34)4-2-3-9-25)13-17(22)16-6-8-19(26)20(27)11-16/h5-8,10-11,17,22H,2-4,9,12-14H2,1H3/t17?,22-/m0/s1. The van der Waals surface area contributed by atoms with Crippen LogP contribution < -0.4 is 0 Å². The van der Waals surface area contributed by atoms with Gasteiger partial charge in [0.15, 0.2) is 0 Å². The van der Waals surface area contributed by atoms with E-state index < -0.39 is 17.6 Å². The summed E-state index contributed by atoms with van der Waals surface area (Å²) in [6.07, 6.45) is -2.61. The molecule has 0 bridgehead atoms. The number of rotatable bonds is 8. The second kappa shape index (κ2) is 11.6. The van der Waals surface area contributed by atoms with Gasteiger partial charge in [-0.3, -0.25) is 9.69 Å². The number of likely N-dealkylation sites (N-methyl/N-ethyl adjacent to an activating group) is 1. The molecule has 0 aliphatic carbocycles. The van der Waals surface area contributed by atoms with Gasteiger partial charge in [-0.15, -0.1) is 0 Å². The van der Waals surface area contributed by atoms with E-state index in [1.165, 1.54) is 6.07 Å². The van der Waals surface area contributed by atoms with Crippen LogP contribution in [0.1, 0.15) is 41.9 Å². The quantitative estimate of drug-likeness (QED) is 0.187. The SMILES string of the molecule is CN(Cc1ccc(C(F)(F)F)c(F)c1)[C@H]1CN(C(=O)CCCCBr)CC1c1ccc(Cl)c(Cl)c1. The minimum absolute atomic E-state index is 0.0579. The molecule has 1 heterocycles. The molecule has 0 aromatic heterocycles. The lowest BCUT2D eigenvalue weighted by Crippen LogP contribution is -2.38. The van der Waals surface area contributed by atoms with Crippen LogP contribution in [0.25, 0.3) is 0 Å². The molecule has 1 aliphatic heterocycles. The number of unbranched alkanes of at least 4 members (excludes halogenated alkanes) is 1. The number of alkyl halides is 4. The van der Waals surface area contributed by atoms with Gasteiger partial charge in [-0.25, -0.2) is 4.39 Å². The van der Waals surface area contributed by atoms with Crippen molar-refractivity contribution in [1.29, 1.82) is 0 Å². The zero-order valence-electron chi connectivity index (χ0n) is 18.5. The van der Waals surface area contributed by atoms with Crippen LogP contribution in [0.5, 0.6) is 0 Å². The Morgan fingerprint density at radius 2 is 1.85 bits per heavy atom. The van der Waals surface area contributed by atoms with E-state index in [1.807, 2.05) is 22.9 Å². The number of nitrogens with zero attached hydrogens (tertiary/aromatic N) is 2. The Kier molecular flexibility index (Phi) is 9.29. The van der Waals surface area contributed by atoms with E-state index in [2.05, 4.69) is 15.9 Å². The number of halogens is 7. The molecule has 1 fully saturated rings. The summed E-state index contributed by atoms with van der Waals surface area (Å²) < 4.78 is 52.8. The first-order valence-corrected chi connectivity index (χ1v) is 12.7. The lowest BCUT2D eigenvalue weighted by Gasteiger charge is -2.29. The monoisotopic (exact) mass is 582 g/mol. The molecule has 3 nitrogen and oxygen atoms in total. The highest BCUT2D eigenvalue weighted by atomic mass is 79.9. The summed E-state index contributed by atoms with van der Waals surface area (Å²) in [6.45, 7) is 1.17. The summed E-state index contributed by atoms with van der Waals surface area (Å²) >= 11 is 15.7. The third-order valence-corrected chi connectivity index (χ3v) is 7.42. The van der Waals surface area contributed by atoms with E-state index >= 15 is 0 Å². The number of carbonyl (C=O) groups excluding carboxylic acids is 1. The van der Waals surface area contributed by atoms with Crippen molar-refractivity contribution in [2.24, 2.45) is 0 Å². The molecule has 2 aromatic rings. The van der Waals surface area contributed by atoms with Gasteiger partial charge in [0.25, 0.3) is 0 Å². The van der Waals surface area contributed by atoms with E-state index in [0.29, 0.717) is 35.1 Å². The maximum absolute atomic E-state index is 14.1. The van der Waals surface area contributed by atoms with Gasteiger partial charge in [-0.05, 0) is 55.3 Å². The highest BCUT2D eigenvalue weighted by Crippen LogP contribution is 2.36. The minimum Gasteiger partial charge on any atom is -0.340 e. The molecule has 34 heavy (non-hydrogen) atoms. The van der Waals surface area contributed by atoms with Crippen LogP contribution in [0.15, 0.2) is 36.4 Å². The van der Waals surface area contributed by atoms with Crippen molar-refractivity contribution >= 4 is 45.0 Å². The van der Waals surface area contributed by atoms with E-state index in [0.717, 1.165) is 35.9 Å². The Balaban J connectivity index is 1.82. The number of carbonyl (C=O) groups is 1. The molecule has 2 atom stereocenters. The van der Waals surface area contributed by atoms with Crippen molar-refractivity contribution in [3.63, 3.8) is 0 Å². The molecule has 10 heteroatoms. The van der Waals surface area contributed by atoms with Gasteiger partial charge in [-0.1, -0.05) is 51.3 Å². The molecular weight excluding hydrogens is 559 g/mol. The molecule has 1 saturated heterocycles. The zero-order chi connectivity index (χ0) is 25.0. The Hall–Kier alpha value is -1.35. The summed E-state index contributed by atoms with van der Waals surface area (Å²) in [7, 11) is 1.82. The molecule has 0 radical (unpaired) electrons. The summed E-state index contributed by atoms with van der Waals surface area (Å²) in [4.78, 5) is 16.6. The second-order valence-electron chi connectivity index (χ2n) is 8.52. The maximum atomic E-state index is 14.1. The molecule has 3 rings (SSSR count). The van der Waals surface area contributed by atoms with Crippen molar-refractivity contribution in [3.05, 3.63) is 69.0 Å². The van der Waals surface area contributed by atoms with Crippen molar-refractivity contribution in [3.8, 4) is 0 Å². The first-order chi connectivity index (χ1) is 16.0. The van der Waals surface area contributed by atoms with Crippen LogP contribution in [-0.2, 0) is 17.5 Å². The molecule has 0 spiro atoms. The van der Waals surface area contributed by atoms with E-state index in [-0.39, 0.29) is 24.4 Å². The zero-order valence-corrected chi connectivity index (χ0v) is 21.6. The number of hydrogen-bond donors (Lipinski definition) is 0. The van der Waals surface area contributed by atoms with E-state index in [9.17, 15) is 22.4 Å². The van der Waals surface area contributed by atoms with Crippen molar-refractivity contribution in [2.45, 2.75) is 43.9 Å². The third kappa shape index (κ3) is 6.65. The Bertz CT molecular complexity index is 1020. The normalized spacial score (nSPS) is 18.7. The number of amides is 1. The summed E-state index contributed by atoms with van der Waals surface area (Å²) in [5.74, 6) is -1.32. The average Bonchev–Trinajstić information content (AvgIpc) is 3.21. The molecular formula is C24H25BrCl2F4N2O. The van der Waals surface area contributed by atoms with Crippen LogP contribution in [-0.4, -0.2) is 47.2 Å². The van der Waals surface area contributed by atoms with Crippen molar-refractivity contribution in [2.75, 3.05) is 25.5 Å². The number of benzene rings is 2. The van der Waals surface area contributed by atoms with Crippen LogP contribution >= 0.6 is 39.1 Å².